The summed E-state index contributed by atoms with van der Waals surface area (Å²) in [6.07, 6.45) is 0. The van der Waals surface area contributed by atoms with Gasteiger partial charge in [-0.3, -0.25) is 9.59 Å². The summed E-state index contributed by atoms with van der Waals surface area (Å²) in [4.78, 5) is 26.7. The molecule has 0 aliphatic carbocycles. The molecule has 0 aliphatic heterocycles. The van der Waals surface area contributed by atoms with E-state index < -0.39 is 5.56 Å². The molecule has 8 nitrogen and oxygen atoms in total. The summed E-state index contributed by atoms with van der Waals surface area (Å²) in [5.74, 6) is 0.279. The molecule has 2 aromatic heterocycles. The van der Waals surface area contributed by atoms with Crippen LogP contribution in [0.4, 0.5) is 0 Å². The summed E-state index contributed by atoms with van der Waals surface area (Å²) in [5.41, 5.74) is 1.60. The molecule has 1 N–H and O–H groups in total. The summed E-state index contributed by atoms with van der Waals surface area (Å²) in [5, 5.41) is 11.4. The van der Waals surface area contributed by atoms with Crippen molar-refractivity contribution in [1.29, 1.82) is 0 Å². The third-order valence-electron chi connectivity index (χ3n) is 4.34. The van der Waals surface area contributed by atoms with Crippen LogP contribution in [0.5, 0.6) is 0 Å². The molecule has 0 saturated heterocycles. The fourth-order valence-electron chi connectivity index (χ4n) is 3.00. The number of nitrogens with zero attached hydrogens (tertiary/aromatic N) is 4. The fraction of sp³-hybridized carbons (Fsp3) is 0.368. The number of rotatable bonds is 7. The highest BCUT2D eigenvalue weighted by Crippen LogP contribution is 2.16. The number of carbonyl (C=O) groups excluding carboxylic acids is 1. The van der Waals surface area contributed by atoms with E-state index in [1.54, 1.807) is 13.8 Å². The van der Waals surface area contributed by atoms with E-state index in [9.17, 15) is 9.59 Å². The van der Waals surface area contributed by atoms with Gasteiger partial charge in [0.25, 0.3) is 5.56 Å². The molecular formula is C19H23N5O3. The van der Waals surface area contributed by atoms with Gasteiger partial charge >= 0.3 is 0 Å². The van der Waals surface area contributed by atoms with Crippen LogP contribution in [0.3, 0.4) is 0 Å². The minimum Gasteiger partial charge on any atom is -0.360 e. The van der Waals surface area contributed by atoms with Crippen molar-refractivity contribution in [3.63, 3.8) is 0 Å². The summed E-state index contributed by atoms with van der Waals surface area (Å²) >= 11 is 0. The van der Waals surface area contributed by atoms with Crippen molar-refractivity contribution >= 4 is 16.8 Å². The zero-order valence-corrected chi connectivity index (χ0v) is 15.7. The monoisotopic (exact) mass is 369 g/mol. The van der Waals surface area contributed by atoms with E-state index in [1.165, 1.54) is 5.56 Å². The van der Waals surface area contributed by atoms with Crippen LogP contribution >= 0.6 is 0 Å². The van der Waals surface area contributed by atoms with Gasteiger partial charge in [0.15, 0.2) is 5.52 Å². The van der Waals surface area contributed by atoms with Crippen molar-refractivity contribution in [1.82, 2.24) is 25.2 Å². The van der Waals surface area contributed by atoms with E-state index >= 15 is 0 Å². The molecule has 2 heterocycles. The van der Waals surface area contributed by atoms with Crippen LogP contribution in [0, 0.1) is 13.8 Å². The second-order valence-corrected chi connectivity index (χ2v) is 6.58. The van der Waals surface area contributed by atoms with E-state index in [1.807, 2.05) is 25.2 Å². The number of likely N-dealkylation sites (N-methyl/N-ethyl adjacent to an activating group) is 1. The lowest BCUT2D eigenvalue weighted by atomic mass is 10.2. The van der Waals surface area contributed by atoms with E-state index in [0.29, 0.717) is 29.9 Å². The normalized spacial score (nSPS) is 11.3. The highest BCUT2D eigenvalue weighted by molar-refractivity contribution is 5.82. The largest absolute Gasteiger partial charge is 0.360 e. The number of nitrogens with one attached hydrogen (secondary N) is 1. The Morgan fingerprint density at radius 1 is 1.26 bits per heavy atom. The first-order chi connectivity index (χ1) is 13.0. The Labute approximate surface area is 156 Å². The van der Waals surface area contributed by atoms with Crippen LogP contribution < -0.4 is 10.9 Å². The van der Waals surface area contributed by atoms with Gasteiger partial charge in [0, 0.05) is 19.6 Å². The standard InChI is InChI=1S/C19H23N5O3/c1-13-17-14(2)27-22-18(17)19(26)24(21-13)12-16(25)20-9-10-23(3)11-15-7-5-4-6-8-15/h4-8H,9-12H2,1-3H3,(H,20,25). The summed E-state index contributed by atoms with van der Waals surface area (Å²) < 4.78 is 6.19. The average Bonchev–Trinajstić information content (AvgIpc) is 3.03. The fourth-order valence-corrected chi connectivity index (χ4v) is 3.00. The molecular weight excluding hydrogens is 346 g/mol. The molecule has 0 fully saturated rings. The summed E-state index contributed by atoms with van der Waals surface area (Å²) in [6.45, 7) is 5.33. The van der Waals surface area contributed by atoms with Gasteiger partial charge in [0.05, 0.1) is 11.1 Å². The minimum atomic E-state index is -0.427. The topological polar surface area (TPSA) is 93.3 Å². The first-order valence-electron chi connectivity index (χ1n) is 8.78. The quantitative estimate of drug-likeness (QED) is 0.674. The van der Waals surface area contributed by atoms with E-state index in [4.69, 9.17) is 4.52 Å². The number of fused-ring (bicyclic) bond motifs is 1. The van der Waals surface area contributed by atoms with Gasteiger partial charge in [-0.25, -0.2) is 4.68 Å². The maximum absolute atomic E-state index is 12.4. The molecule has 0 saturated carbocycles. The zero-order chi connectivity index (χ0) is 19.4. The number of benzene rings is 1. The second-order valence-electron chi connectivity index (χ2n) is 6.58. The SMILES string of the molecule is Cc1nn(CC(=O)NCCN(C)Cc2ccccc2)c(=O)c2noc(C)c12. The third-order valence-corrected chi connectivity index (χ3v) is 4.34. The lowest BCUT2D eigenvalue weighted by molar-refractivity contribution is -0.121. The van der Waals surface area contributed by atoms with Gasteiger partial charge in [-0.05, 0) is 26.5 Å². The van der Waals surface area contributed by atoms with Crippen LogP contribution in [-0.4, -0.2) is 45.9 Å². The molecule has 3 rings (SSSR count). The number of hydrogen-bond acceptors (Lipinski definition) is 6. The van der Waals surface area contributed by atoms with Gasteiger partial charge in [0.2, 0.25) is 5.91 Å². The van der Waals surface area contributed by atoms with Gasteiger partial charge in [-0.2, -0.15) is 5.10 Å². The Morgan fingerprint density at radius 3 is 2.74 bits per heavy atom. The molecule has 3 aromatic rings. The van der Waals surface area contributed by atoms with Crippen LogP contribution in [-0.2, 0) is 17.9 Å². The van der Waals surface area contributed by atoms with Crippen molar-refractivity contribution in [3.05, 3.63) is 57.7 Å². The third kappa shape index (κ3) is 4.40. The second kappa shape index (κ2) is 8.13. The van der Waals surface area contributed by atoms with Crippen LogP contribution in [0.25, 0.3) is 10.9 Å². The number of carbonyl (C=O) groups is 1. The molecule has 8 heteroatoms. The minimum absolute atomic E-state index is 0.149. The van der Waals surface area contributed by atoms with E-state index in [0.717, 1.165) is 11.2 Å². The Hall–Kier alpha value is -3.00. The van der Waals surface area contributed by atoms with Gasteiger partial charge in [0.1, 0.15) is 12.3 Å². The highest BCUT2D eigenvalue weighted by atomic mass is 16.5. The zero-order valence-electron chi connectivity index (χ0n) is 15.7. The Balaban J connectivity index is 1.54. The number of aromatic nitrogens is 3. The maximum Gasteiger partial charge on any atom is 0.297 e. The molecule has 1 amide bonds. The van der Waals surface area contributed by atoms with Crippen molar-refractivity contribution in [3.8, 4) is 0 Å². The van der Waals surface area contributed by atoms with E-state index in [2.05, 4.69) is 32.6 Å². The number of hydrogen-bond donors (Lipinski definition) is 1. The van der Waals surface area contributed by atoms with Crippen LogP contribution in [0.1, 0.15) is 17.0 Å². The maximum atomic E-state index is 12.4. The first kappa shape index (κ1) is 18.8. The number of aryl methyl sites for hydroxylation is 2. The van der Waals surface area contributed by atoms with Crippen molar-refractivity contribution in [2.75, 3.05) is 20.1 Å². The van der Waals surface area contributed by atoms with E-state index in [-0.39, 0.29) is 18.0 Å². The molecule has 0 unspecified atom stereocenters. The predicted octanol–water partition coefficient (Wildman–Crippen LogP) is 1.25. The molecule has 0 spiro atoms. The van der Waals surface area contributed by atoms with Crippen molar-refractivity contribution in [2.45, 2.75) is 26.9 Å². The summed E-state index contributed by atoms with van der Waals surface area (Å²) in [6, 6.07) is 10.1. The Bertz CT molecular complexity index is 994. The molecule has 0 radical (unpaired) electrons. The first-order valence-corrected chi connectivity index (χ1v) is 8.78. The van der Waals surface area contributed by atoms with Gasteiger partial charge in [-0.1, -0.05) is 35.5 Å². The van der Waals surface area contributed by atoms with Crippen molar-refractivity contribution in [2.24, 2.45) is 0 Å². The Kier molecular flexibility index (Phi) is 5.66. The van der Waals surface area contributed by atoms with Gasteiger partial charge < -0.3 is 14.7 Å². The van der Waals surface area contributed by atoms with Crippen molar-refractivity contribution < 1.29 is 9.32 Å². The lowest BCUT2D eigenvalue weighted by Gasteiger charge is -2.17. The smallest absolute Gasteiger partial charge is 0.297 e. The predicted molar refractivity (Wildman–Crippen MR) is 101 cm³/mol. The summed E-state index contributed by atoms with van der Waals surface area (Å²) in [7, 11) is 2.00. The molecule has 0 atom stereocenters. The average molecular weight is 369 g/mol. The molecule has 0 aliphatic rings. The highest BCUT2D eigenvalue weighted by Gasteiger charge is 2.16. The molecule has 0 bridgehead atoms. The lowest BCUT2D eigenvalue weighted by Crippen LogP contribution is -2.37. The van der Waals surface area contributed by atoms with Crippen LogP contribution in [0.15, 0.2) is 39.6 Å². The molecule has 27 heavy (non-hydrogen) atoms. The molecule has 142 valence electrons. The van der Waals surface area contributed by atoms with Gasteiger partial charge in [-0.15, -0.1) is 0 Å². The molecule has 1 aromatic carbocycles. The number of amides is 1. The Morgan fingerprint density at radius 2 is 2.00 bits per heavy atom. The van der Waals surface area contributed by atoms with Crippen LogP contribution in [0.2, 0.25) is 0 Å².